The van der Waals surface area contributed by atoms with Crippen molar-refractivity contribution in [3.63, 3.8) is 0 Å². The highest BCUT2D eigenvalue weighted by Crippen LogP contribution is 2.23. The molecule has 3 heterocycles. The Morgan fingerprint density at radius 1 is 1.06 bits per heavy atom. The molecule has 3 aromatic rings. The molecule has 1 N–H and O–H groups in total. The molecule has 0 aliphatic carbocycles. The van der Waals surface area contributed by atoms with Gasteiger partial charge in [0.05, 0.1) is 12.8 Å². The lowest BCUT2D eigenvalue weighted by Gasteiger charge is -2.32. The summed E-state index contributed by atoms with van der Waals surface area (Å²) in [5.74, 6) is 0.286. The van der Waals surface area contributed by atoms with Crippen LogP contribution in [0.1, 0.15) is 71.2 Å². The normalized spacial score (nSPS) is 15.1. The van der Waals surface area contributed by atoms with E-state index in [-0.39, 0.29) is 29.6 Å². The highest BCUT2D eigenvalue weighted by molar-refractivity contribution is 5.99. The predicted molar refractivity (Wildman–Crippen MR) is 134 cm³/mol. The number of piperidine rings is 1. The summed E-state index contributed by atoms with van der Waals surface area (Å²) in [7, 11) is 0. The predicted octanol–water partition coefficient (Wildman–Crippen LogP) is 4.44. The maximum Gasteiger partial charge on any atom is 0.259 e. The summed E-state index contributed by atoms with van der Waals surface area (Å²) in [6, 6.07) is 13.9. The van der Waals surface area contributed by atoms with E-state index in [0.29, 0.717) is 24.8 Å². The van der Waals surface area contributed by atoms with Crippen LogP contribution in [-0.4, -0.2) is 34.4 Å². The SMILES string of the molecule is CCC(C)n1cc(C(=O)NCc2ccco2)c(=O)c(C(=O)N2CCC(Cc3ccccc3)CC2)c1. The quantitative estimate of drug-likeness (QED) is 0.522. The number of carbonyl (C=O) groups excluding carboxylic acids is 2. The number of nitrogens with zero attached hydrogens (tertiary/aromatic N) is 2. The molecule has 35 heavy (non-hydrogen) atoms. The number of pyridine rings is 1. The molecule has 0 saturated carbocycles. The molecule has 1 aromatic carbocycles. The highest BCUT2D eigenvalue weighted by atomic mass is 16.3. The summed E-state index contributed by atoms with van der Waals surface area (Å²) in [6.07, 6.45) is 8.27. The number of likely N-dealkylation sites (tertiary alicyclic amines) is 1. The molecule has 1 atom stereocenters. The smallest absolute Gasteiger partial charge is 0.259 e. The summed E-state index contributed by atoms with van der Waals surface area (Å²) in [5, 5.41) is 2.73. The molecule has 1 unspecified atom stereocenters. The molecular weight excluding hydrogens is 442 g/mol. The Balaban J connectivity index is 1.50. The molecule has 1 fully saturated rings. The third-order valence-electron chi connectivity index (χ3n) is 6.89. The van der Waals surface area contributed by atoms with E-state index in [1.807, 2.05) is 32.0 Å². The van der Waals surface area contributed by atoms with Crippen LogP contribution in [0.5, 0.6) is 0 Å². The summed E-state index contributed by atoms with van der Waals surface area (Å²) in [6.45, 7) is 5.40. The number of hydrogen-bond donors (Lipinski definition) is 1. The average Bonchev–Trinajstić information content (AvgIpc) is 3.41. The van der Waals surface area contributed by atoms with Crippen molar-refractivity contribution in [1.82, 2.24) is 14.8 Å². The van der Waals surface area contributed by atoms with Gasteiger partial charge in [0.25, 0.3) is 11.8 Å². The van der Waals surface area contributed by atoms with E-state index in [2.05, 4.69) is 17.4 Å². The first-order valence-electron chi connectivity index (χ1n) is 12.4. The third kappa shape index (κ3) is 5.91. The Morgan fingerprint density at radius 2 is 1.77 bits per heavy atom. The Hall–Kier alpha value is -3.61. The van der Waals surface area contributed by atoms with Crippen molar-refractivity contribution in [3.8, 4) is 0 Å². The average molecular weight is 476 g/mol. The molecule has 2 amide bonds. The van der Waals surface area contributed by atoms with Crippen molar-refractivity contribution in [1.29, 1.82) is 0 Å². The van der Waals surface area contributed by atoms with Gasteiger partial charge in [0, 0.05) is 31.5 Å². The fraction of sp³-hybridized carbons (Fsp3) is 0.393. The first-order valence-corrected chi connectivity index (χ1v) is 12.4. The van der Waals surface area contributed by atoms with Crippen LogP contribution in [-0.2, 0) is 13.0 Å². The van der Waals surface area contributed by atoms with Crippen molar-refractivity contribution in [2.75, 3.05) is 13.1 Å². The van der Waals surface area contributed by atoms with Crippen LogP contribution < -0.4 is 10.7 Å². The van der Waals surface area contributed by atoms with Gasteiger partial charge in [0.2, 0.25) is 5.43 Å². The van der Waals surface area contributed by atoms with Gasteiger partial charge in [0.15, 0.2) is 0 Å². The molecule has 1 saturated heterocycles. The van der Waals surface area contributed by atoms with Gasteiger partial charge < -0.3 is 19.2 Å². The van der Waals surface area contributed by atoms with Crippen LogP contribution in [0, 0.1) is 5.92 Å². The Kier molecular flexibility index (Phi) is 7.85. The third-order valence-corrected chi connectivity index (χ3v) is 6.89. The van der Waals surface area contributed by atoms with Crippen LogP contribution in [0.3, 0.4) is 0 Å². The van der Waals surface area contributed by atoms with E-state index in [1.165, 1.54) is 11.8 Å². The molecule has 184 valence electrons. The standard InChI is InChI=1S/C28H33N3O4/c1-3-20(2)31-18-24(27(33)29-17-23-10-7-15-35-23)26(32)25(19-31)28(34)30-13-11-22(12-14-30)16-21-8-5-4-6-9-21/h4-10,15,18-20,22H,3,11-14,16-17H2,1-2H3,(H,29,33). The van der Waals surface area contributed by atoms with E-state index in [0.717, 1.165) is 25.7 Å². The topological polar surface area (TPSA) is 84.5 Å². The fourth-order valence-corrected chi connectivity index (χ4v) is 4.51. The first kappa shape index (κ1) is 24.5. The van der Waals surface area contributed by atoms with Gasteiger partial charge in [-0.05, 0) is 56.2 Å². The molecule has 0 radical (unpaired) electrons. The zero-order valence-electron chi connectivity index (χ0n) is 20.4. The molecule has 0 spiro atoms. The van der Waals surface area contributed by atoms with Crippen molar-refractivity contribution in [2.45, 2.75) is 52.1 Å². The number of hydrogen-bond acceptors (Lipinski definition) is 4. The van der Waals surface area contributed by atoms with E-state index in [9.17, 15) is 14.4 Å². The van der Waals surface area contributed by atoms with Crippen molar-refractivity contribution in [2.24, 2.45) is 5.92 Å². The molecule has 7 nitrogen and oxygen atoms in total. The minimum absolute atomic E-state index is 0.0262. The van der Waals surface area contributed by atoms with Gasteiger partial charge in [-0.3, -0.25) is 14.4 Å². The van der Waals surface area contributed by atoms with Crippen LogP contribution >= 0.6 is 0 Å². The van der Waals surface area contributed by atoms with Crippen molar-refractivity contribution in [3.05, 3.63) is 93.8 Å². The second-order valence-electron chi connectivity index (χ2n) is 9.31. The van der Waals surface area contributed by atoms with Gasteiger partial charge in [-0.1, -0.05) is 37.3 Å². The zero-order valence-corrected chi connectivity index (χ0v) is 20.4. The first-order chi connectivity index (χ1) is 17.0. The molecule has 4 rings (SSSR count). The number of carbonyl (C=O) groups is 2. The summed E-state index contributed by atoms with van der Waals surface area (Å²) in [5.41, 5.74) is 0.805. The minimum Gasteiger partial charge on any atom is -0.467 e. The van der Waals surface area contributed by atoms with Crippen molar-refractivity contribution >= 4 is 11.8 Å². The summed E-state index contributed by atoms with van der Waals surface area (Å²) < 4.78 is 7.06. The van der Waals surface area contributed by atoms with E-state index in [1.54, 1.807) is 34.0 Å². The number of rotatable bonds is 8. The minimum atomic E-state index is -0.530. The van der Waals surface area contributed by atoms with Crippen molar-refractivity contribution < 1.29 is 14.0 Å². The number of aromatic nitrogens is 1. The van der Waals surface area contributed by atoms with Crippen LogP contribution in [0.25, 0.3) is 0 Å². The second kappa shape index (κ2) is 11.2. The molecular formula is C28H33N3O4. The fourth-order valence-electron chi connectivity index (χ4n) is 4.51. The maximum absolute atomic E-state index is 13.4. The van der Waals surface area contributed by atoms with E-state index in [4.69, 9.17) is 4.42 Å². The largest absolute Gasteiger partial charge is 0.467 e. The summed E-state index contributed by atoms with van der Waals surface area (Å²) in [4.78, 5) is 41.4. The molecule has 1 aliphatic heterocycles. The number of amides is 2. The Bertz CT molecular complexity index is 1190. The monoisotopic (exact) mass is 475 g/mol. The van der Waals surface area contributed by atoms with Gasteiger partial charge in [-0.2, -0.15) is 0 Å². The molecule has 2 aromatic heterocycles. The van der Waals surface area contributed by atoms with Gasteiger partial charge in [0.1, 0.15) is 16.9 Å². The number of benzene rings is 1. The maximum atomic E-state index is 13.4. The highest BCUT2D eigenvalue weighted by Gasteiger charge is 2.27. The number of nitrogens with one attached hydrogen (secondary N) is 1. The Labute approximate surface area is 205 Å². The molecule has 7 heteroatoms. The molecule has 0 bridgehead atoms. The number of furan rings is 1. The van der Waals surface area contributed by atoms with Gasteiger partial charge >= 0.3 is 0 Å². The lowest BCUT2D eigenvalue weighted by Crippen LogP contribution is -2.42. The van der Waals surface area contributed by atoms with Gasteiger partial charge in [-0.25, -0.2) is 0 Å². The molecule has 1 aliphatic rings. The van der Waals surface area contributed by atoms with Gasteiger partial charge in [-0.15, -0.1) is 0 Å². The van der Waals surface area contributed by atoms with E-state index >= 15 is 0 Å². The van der Waals surface area contributed by atoms with Crippen LogP contribution in [0.15, 0.2) is 70.3 Å². The zero-order chi connectivity index (χ0) is 24.8. The lowest BCUT2D eigenvalue weighted by molar-refractivity contribution is 0.0688. The van der Waals surface area contributed by atoms with Crippen LogP contribution in [0.2, 0.25) is 0 Å². The Morgan fingerprint density at radius 3 is 2.43 bits per heavy atom. The second-order valence-corrected chi connectivity index (χ2v) is 9.31. The summed E-state index contributed by atoms with van der Waals surface area (Å²) >= 11 is 0. The van der Waals surface area contributed by atoms with Crippen LogP contribution in [0.4, 0.5) is 0 Å². The van der Waals surface area contributed by atoms with E-state index < -0.39 is 11.3 Å². The lowest BCUT2D eigenvalue weighted by atomic mass is 9.90.